The summed E-state index contributed by atoms with van der Waals surface area (Å²) in [4.78, 5) is 37.8. The van der Waals surface area contributed by atoms with E-state index in [4.69, 9.17) is 13.8 Å². The highest BCUT2D eigenvalue weighted by Gasteiger charge is 2.30. The van der Waals surface area contributed by atoms with Crippen molar-refractivity contribution in [2.45, 2.75) is 283 Å². The van der Waals surface area contributed by atoms with Crippen LogP contribution in [-0.2, 0) is 27.9 Å². The molecule has 0 aliphatic rings. The molecule has 0 bridgehead atoms. The highest BCUT2D eigenvalue weighted by molar-refractivity contribution is 7.47. The molecule has 10 heteroatoms. The third-order valence-corrected chi connectivity index (χ3v) is 15.1. The molecule has 0 aromatic rings. The third kappa shape index (κ3) is 61.0. The van der Waals surface area contributed by atoms with Gasteiger partial charge in [0.15, 0.2) is 0 Å². The van der Waals surface area contributed by atoms with Crippen molar-refractivity contribution in [2.24, 2.45) is 0 Å². The zero-order chi connectivity index (χ0) is 60.0. The molecule has 0 aliphatic carbocycles. The molecule has 82 heavy (non-hydrogen) atoms. The van der Waals surface area contributed by atoms with Crippen LogP contribution < -0.4 is 5.32 Å². The number of esters is 1. The zero-order valence-corrected chi connectivity index (χ0v) is 54.6. The van der Waals surface area contributed by atoms with E-state index in [1.165, 1.54) is 116 Å². The Kier molecular flexibility index (Phi) is 57.9. The first-order chi connectivity index (χ1) is 39.9. The van der Waals surface area contributed by atoms with Crippen LogP contribution >= 0.6 is 7.82 Å². The lowest BCUT2D eigenvalue weighted by atomic mass is 10.0. The number of phosphoric ester groups is 1. The Morgan fingerprint density at radius 1 is 0.439 bits per heavy atom. The van der Waals surface area contributed by atoms with Crippen LogP contribution in [0.3, 0.4) is 0 Å². The van der Waals surface area contributed by atoms with E-state index in [2.05, 4.69) is 135 Å². The number of phosphoric acid groups is 1. The van der Waals surface area contributed by atoms with E-state index in [0.29, 0.717) is 23.9 Å². The summed E-state index contributed by atoms with van der Waals surface area (Å²) in [6, 6.07) is -0.877. The zero-order valence-electron chi connectivity index (χ0n) is 53.7. The van der Waals surface area contributed by atoms with Crippen LogP contribution in [-0.4, -0.2) is 74.3 Å². The number of unbranched alkanes of at least 4 members (excludes halogenated alkanes) is 25. The SMILES string of the molecule is CC/C=C\C/C=C\C/C=C\C/C=C\C/C=C\C/C=C\CCCCC(=O)OC(/C=C/CCCCCCCCCCCC)C(COP(=O)(O)OCC[N+](C)(C)C)NC(=O)CCCCCCCCCCCC/C=C\C/C=C\C/C=C\CCCCC. The first-order valence-corrected chi connectivity index (χ1v) is 34.9. The molecule has 0 rings (SSSR count). The highest BCUT2D eigenvalue weighted by Crippen LogP contribution is 2.43. The van der Waals surface area contributed by atoms with E-state index >= 15 is 0 Å². The number of rotatable bonds is 59. The van der Waals surface area contributed by atoms with Crippen LogP contribution in [0.4, 0.5) is 0 Å². The van der Waals surface area contributed by atoms with Gasteiger partial charge < -0.3 is 19.4 Å². The summed E-state index contributed by atoms with van der Waals surface area (Å²) in [5.74, 6) is -0.565. The minimum absolute atomic E-state index is 0.0262. The molecule has 0 fully saturated rings. The summed E-state index contributed by atoms with van der Waals surface area (Å²) in [7, 11) is 1.45. The summed E-state index contributed by atoms with van der Waals surface area (Å²) in [6.07, 6.45) is 84.9. The quantitative estimate of drug-likeness (QED) is 0.0205. The second-order valence-electron chi connectivity index (χ2n) is 23.3. The van der Waals surface area contributed by atoms with Gasteiger partial charge in [0.25, 0.3) is 0 Å². The maximum atomic E-state index is 13.6. The van der Waals surface area contributed by atoms with Crippen LogP contribution in [0.15, 0.2) is 122 Å². The number of allylic oxidation sites excluding steroid dienone is 19. The fourth-order valence-electron chi connectivity index (χ4n) is 9.01. The molecule has 0 radical (unpaired) electrons. The Labute approximate surface area is 505 Å². The maximum absolute atomic E-state index is 13.6. The normalized spacial score (nSPS) is 14.4. The smallest absolute Gasteiger partial charge is 0.456 e. The number of carbonyl (C=O) groups excluding carboxylic acids is 2. The van der Waals surface area contributed by atoms with Crippen molar-refractivity contribution in [1.29, 1.82) is 0 Å². The molecule has 470 valence electrons. The van der Waals surface area contributed by atoms with Crippen molar-refractivity contribution in [1.82, 2.24) is 5.32 Å². The standard InChI is InChI=1S/C72H125N2O7P/c1-7-10-13-16-19-22-25-28-30-32-34-36-37-39-40-42-44-46-49-52-55-58-61-64-71(75)73-69(68-80-82(77,78)79-67-66-74(4,5)6)70(63-60-57-54-51-48-27-24-21-18-15-12-9-3)81-72(76)65-62-59-56-53-50-47-45-43-41-38-35-33-31-29-26-23-20-17-14-11-8-2/h11,14,19-20,22-23,28-31,34-36,38,43,45,50,53,60,63,69-70H,7-10,12-13,15-18,21,24-27,32-33,37,39-42,44,46-49,51-52,54-59,61-62,64-68H2,1-6H3,(H-,73,75,77,78)/p+1/b14-11-,22-19-,23-20-,30-28-,31-29-,36-34-,38-35-,45-43-,53-50-,63-60+. The van der Waals surface area contributed by atoms with E-state index < -0.39 is 20.0 Å². The summed E-state index contributed by atoms with van der Waals surface area (Å²) in [6.45, 7) is 6.84. The summed E-state index contributed by atoms with van der Waals surface area (Å²) < 4.78 is 30.7. The van der Waals surface area contributed by atoms with E-state index in [1.54, 1.807) is 0 Å². The van der Waals surface area contributed by atoms with Gasteiger partial charge in [-0.15, -0.1) is 0 Å². The van der Waals surface area contributed by atoms with Crippen molar-refractivity contribution in [3.63, 3.8) is 0 Å². The molecular formula is C72H126N2O7P+. The van der Waals surface area contributed by atoms with Crippen molar-refractivity contribution in [3.8, 4) is 0 Å². The number of hydrogen-bond donors (Lipinski definition) is 2. The molecule has 0 spiro atoms. The van der Waals surface area contributed by atoms with Gasteiger partial charge in [0.05, 0.1) is 33.8 Å². The number of amides is 1. The fourth-order valence-corrected chi connectivity index (χ4v) is 9.74. The van der Waals surface area contributed by atoms with Gasteiger partial charge in [0.2, 0.25) is 5.91 Å². The lowest BCUT2D eigenvalue weighted by Crippen LogP contribution is -2.47. The molecule has 2 N–H and O–H groups in total. The first kappa shape index (κ1) is 78.4. The van der Waals surface area contributed by atoms with Gasteiger partial charge in [-0.1, -0.05) is 258 Å². The number of nitrogens with zero attached hydrogens (tertiary/aromatic N) is 1. The van der Waals surface area contributed by atoms with Crippen LogP contribution in [0.5, 0.6) is 0 Å². The second kappa shape index (κ2) is 60.5. The molecule has 0 heterocycles. The number of nitrogens with one attached hydrogen (secondary N) is 1. The molecule has 9 nitrogen and oxygen atoms in total. The van der Waals surface area contributed by atoms with Gasteiger partial charge in [-0.05, 0) is 122 Å². The van der Waals surface area contributed by atoms with Gasteiger partial charge in [-0.25, -0.2) is 4.57 Å². The monoisotopic (exact) mass is 1160 g/mol. The first-order valence-electron chi connectivity index (χ1n) is 33.4. The molecule has 0 aliphatic heterocycles. The average molecular weight is 1160 g/mol. The Bertz CT molecular complexity index is 1820. The predicted molar refractivity (Wildman–Crippen MR) is 355 cm³/mol. The molecule has 3 unspecified atom stereocenters. The average Bonchev–Trinajstić information content (AvgIpc) is 3.44. The summed E-state index contributed by atoms with van der Waals surface area (Å²) >= 11 is 0. The summed E-state index contributed by atoms with van der Waals surface area (Å²) in [5.41, 5.74) is 0. The number of quaternary nitrogens is 1. The molecular weight excluding hydrogens is 1040 g/mol. The van der Waals surface area contributed by atoms with E-state index in [9.17, 15) is 19.0 Å². The van der Waals surface area contributed by atoms with Crippen molar-refractivity contribution < 1.29 is 37.3 Å². The summed E-state index contributed by atoms with van der Waals surface area (Å²) in [5, 5.41) is 3.05. The van der Waals surface area contributed by atoms with Gasteiger partial charge in [-0.2, -0.15) is 0 Å². The largest absolute Gasteiger partial charge is 0.472 e. The fraction of sp³-hybridized carbons (Fsp3) is 0.694. The molecule has 0 saturated heterocycles. The van der Waals surface area contributed by atoms with Crippen LogP contribution in [0.25, 0.3) is 0 Å². The van der Waals surface area contributed by atoms with Crippen LogP contribution in [0.2, 0.25) is 0 Å². The predicted octanol–water partition coefficient (Wildman–Crippen LogP) is 21.1. The van der Waals surface area contributed by atoms with Crippen molar-refractivity contribution in [3.05, 3.63) is 122 Å². The Hall–Kier alpha value is -3.59. The third-order valence-electron chi connectivity index (χ3n) is 14.1. The Morgan fingerprint density at radius 3 is 1.21 bits per heavy atom. The highest BCUT2D eigenvalue weighted by atomic mass is 31.2. The second-order valence-corrected chi connectivity index (χ2v) is 24.7. The topological polar surface area (TPSA) is 111 Å². The van der Waals surface area contributed by atoms with Crippen molar-refractivity contribution >= 4 is 19.7 Å². The number of carbonyl (C=O) groups is 2. The van der Waals surface area contributed by atoms with Crippen molar-refractivity contribution in [2.75, 3.05) is 40.9 Å². The number of hydrogen-bond acceptors (Lipinski definition) is 6. The molecule has 0 aromatic heterocycles. The maximum Gasteiger partial charge on any atom is 0.472 e. The molecule has 0 saturated carbocycles. The van der Waals surface area contributed by atoms with E-state index in [1.807, 2.05) is 33.3 Å². The lowest BCUT2D eigenvalue weighted by molar-refractivity contribution is -0.870. The molecule has 3 atom stereocenters. The van der Waals surface area contributed by atoms with E-state index in [0.717, 1.165) is 116 Å². The van der Waals surface area contributed by atoms with Gasteiger partial charge in [0.1, 0.15) is 19.3 Å². The van der Waals surface area contributed by atoms with Gasteiger partial charge in [0, 0.05) is 12.8 Å². The molecule has 0 aromatic carbocycles. The number of likely N-dealkylation sites (N-methyl/N-ethyl adjacent to an activating group) is 1. The lowest BCUT2D eigenvalue weighted by Gasteiger charge is -2.27. The number of ether oxygens (including phenoxy) is 1. The van der Waals surface area contributed by atoms with E-state index in [-0.39, 0.29) is 31.5 Å². The van der Waals surface area contributed by atoms with Gasteiger partial charge >= 0.3 is 13.8 Å². The minimum Gasteiger partial charge on any atom is -0.456 e. The Balaban J connectivity index is 5.25. The van der Waals surface area contributed by atoms with Crippen LogP contribution in [0.1, 0.15) is 271 Å². The van der Waals surface area contributed by atoms with Gasteiger partial charge in [-0.3, -0.25) is 18.6 Å². The Morgan fingerprint density at radius 2 is 0.780 bits per heavy atom. The minimum atomic E-state index is -4.47. The van der Waals surface area contributed by atoms with Crippen LogP contribution in [0, 0.1) is 0 Å². The molecule has 1 amide bonds.